The zero-order chi connectivity index (χ0) is 21.0. The van der Waals surface area contributed by atoms with Crippen LogP contribution in [0.5, 0.6) is 0 Å². The zero-order valence-corrected chi connectivity index (χ0v) is 16.3. The van der Waals surface area contributed by atoms with E-state index in [0.29, 0.717) is 0 Å². The summed E-state index contributed by atoms with van der Waals surface area (Å²) < 4.78 is 4.83. The van der Waals surface area contributed by atoms with Crippen molar-refractivity contribution in [3.8, 4) is 0 Å². The van der Waals surface area contributed by atoms with Gasteiger partial charge in [0.25, 0.3) is 0 Å². The summed E-state index contributed by atoms with van der Waals surface area (Å²) in [5.74, 6) is -1.57. The van der Waals surface area contributed by atoms with Crippen molar-refractivity contribution in [1.29, 1.82) is 0 Å². The van der Waals surface area contributed by atoms with Gasteiger partial charge in [-0.1, -0.05) is 18.2 Å². The smallest absolute Gasteiger partial charge is 0.328 e. The van der Waals surface area contributed by atoms with Gasteiger partial charge >= 0.3 is 5.97 Å². The maximum atomic E-state index is 12.4. The molecule has 1 aliphatic rings. The summed E-state index contributed by atoms with van der Waals surface area (Å²) in [6.45, 7) is 1.59. The van der Waals surface area contributed by atoms with Gasteiger partial charge in [0.05, 0.1) is 7.11 Å². The van der Waals surface area contributed by atoms with Gasteiger partial charge in [-0.05, 0) is 25.0 Å². The lowest BCUT2D eigenvalue weighted by atomic mass is 10.0. The van der Waals surface area contributed by atoms with E-state index >= 15 is 0 Å². The lowest BCUT2D eigenvalue weighted by Crippen LogP contribution is -2.60. The van der Waals surface area contributed by atoms with Crippen LogP contribution < -0.4 is 16.0 Å². The molecule has 3 rings (SSSR count). The molecule has 0 bridgehead atoms. The monoisotopic (exact) mass is 400 g/mol. The first-order valence-electron chi connectivity index (χ1n) is 9.42. The average molecular weight is 400 g/mol. The van der Waals surface area contributed by atoms with Gasteiger partial charge in [0, 0.05) is 29.9 Å². The minimum absolute atomic E-state index is 0.0197. The maximum absolute atomic E-state index is 12.4. The van der Waals surface area contributed by atoms with Crippen molar-refractivity contribution in [3.05, 3.63) is 36.0 Å². The standard InChI is InChI=1S/C20H24N4O5/c1-11-18(26)24-15(19(27)22-11)7-8-17(25)23-16(20(28)29-2)9-12-10-21-14-6-4-3-5-13(12)14/h3-6,10-11,15-16,21H,7-9H2,1-2H3,(H,22,27)(H,23,25)(H,24,26)/t11-,15-,16-/m0/s1. The minimum Gasteiger partial charge on any atom is -0.467 e. The predicted octanol–water partition coefficient (Wildman–Crippen LogP) is 0.152. The molecule has 0 spiro atoms. The number of nitrogens with one attached hydrogen (secondary N) is 4. The Kier molecular flexibility index (Phi) is 6.16. The molecule has 1 aromatic heterocycles. The third-order valence-electron chi connectivity index (χ3n) is 4.96. The number of fused-ring (bicyclic) bond motifs is 1. The van der Waals surface area contributed by atoms with Crippen molar-refractivity contribution >= 4 is 34.6 Å². The van der Waals surface area contributed by atoms with Crippen LogP contribution in [0.25, 0.3) is 10.9 Å². The summed E-state index contributed by atoms with van der Waals surface area (Å²) in [5, 5.41) is 8.78. The van der Waals surface area contributed by atoms with Crippen molar-refractivity contribution < 1.29 is 23.9 Å². The second-order valence-electron chi connectivity index (χ2n) is 7.04. The van der Waals surface area contributed by atoms with E-state index < -0.39 is 30.0 Å². The van der Waals surface area contributed by atoms with Crippen molar-refractivity contribution in [3.63, 3.8) is 0 Å². The van der Waals surface area contributed by atoms with Gasteiger partial charge in [0.2, 0.25) is 17.7 Å². The molecule has 2 aromatic rings. The molecule has 2 heterocycles. The third kappa shape index (κ3) is 4.74. The number of benzene rings is 1. The van der Waals surface area contributed by atoms with Gasteiger partial charge in [0.1, 0.15) is 18.1 Å². The van der Waals surface area contributed by atoms with Crippen LogP contribution in [0.2, 0.25) is 0 Å². The Morgan fingerprint density at radius 3 is 2.69 bits per heavy atom. The molecule has 3 amide bonds. The lowest BCUT2D eigenvalue weighted by Gasteiger charge is -2.27. The van der Waals surface area contributed by atoms with Crippen LogP contribution >= 0.6 is 0 Å². The largest absolute Gasteiger partial charge is 0.467 e. The van der Waals surface area contributed by atoms with E-state index in [-0.39, 0.29) is 31.1 Å². The van der Waals surface area contributed by atoms with Gasteiger partial charge in [-0.25, -0.2) is 4.79 Å². The number of rotatable bonds is 7. The zero-order valence-electron chi connectivity index (χ0n) is 16.3. The Balaban J connectivity index is 1.61. The van der Waals surface area contributed by atoms with Crippen LogP contribution in [0.3, 0.4) is 0 Å². The maximum Gasteiger partial charge on any atom is 0.328 e. The van der Waals surface area contributed by atoms with Crippen molar-refractivity contribution in [2.75, 3.05) is 7.11 Å². The normalized spacial score (nSPS) is 19.9. The molecule has 3 atom stereocenters. The fraction of sp³-hybridized carbons (Fsp3) is 0.400. The highest BCUT2D eigenvalue weighted by Gasteiger charge is 2.31. The van der Waals surface area contributed by atoms with E-state index in [1.807, 2.05) is 24.3 Å². The number of esters is 1. The average Bonchev–Trinajstić information content (AvgIpc) is 3.11. The molecule has 29 heavy (non-hydrogen) atoms. The van der Waals surface area contributed by atoms with Crippen molar-refractivity contribution in [2.45, 2.75) is 44.3 Å². The highest BCUT2D eigenvalue weighted by atomic mass is 16.5. The number of aromatic nitrogens is 1. The van der Waals surface area contributed by atoms with Gasteiger partial charge in [-0.15, -0.1) is 0 Å². The molecule has 154 valence electrons. The van der Waals surface area contributed by atoms with E-state index in [4.69, 9.17) is 4.74 Å². The summed E-state index contributed by atoms with van der Waals surface area (Å²) in [4.78, 5) is 51.3. The van der Waals surface area contributed by atoms with Crippen LogP contribution in [0, 0.1) is 0 Å². The molecule has 1 fully saturated rings. The number of hydrogen-bond acceptors (Lipinski definition) is 5. The number of amides is 3. The summed E-state index contributed by atoms with van der Waals surface area (Å²) in [5.41, 5.74) is 1.81. The first kappa shape index (κ1) is 20.4. The first-order valence-corrected chi connectivity index (χ1v) is 9.42. The Labute approximate surface area is 167 Å². The van der Waals surface area contributed by atoms with Crippen LogP contribution in [0.15, 0.2) is 30.5 Å². The number of H-pyrrole nitrogens is 1. The molecule has 1 aliphatic heterocycles. The minimum atomic E-state index is -0.860. The highest BCUT2D eigenvalue weighted by molar-refractivity contribution is 5.97. The first-order chi connectivity index (χ1) is 13.9. The number of aromatic amines is 1. The number of piperazine rings is 1. The summed E-state index contributed by atoms with van der Waals surface area (Å²) in [6, 6.07) is 5.44. The fourth-order valence-corrected chi connectivity index (χ4v) is 3.34. The number of methoxy groups -OCH3 is 1. The molecule has 1 aromatic carbocycles. The van der Waals surface area contributed by atoms with Crippen LogP contribution in [0.1, 0.15) is 25.3 Å². The van der Waals surface area contributed by atoms with Gasteiger partial charge in [-0.2, -0.15) is 0 Å². The molecule has 9 heteroatoms. The Hall–Kier alpha value is -3.36. The Morgan fingerprint density at radius 2 is 1.93 bits per heavy atom. The van der Waals surface area contributed by atoms with Crippen molar-refractivity contribution in [2.24, 2.45) is 0 Å². The molecule has 0 unspecified atom stereocenters. The second-order valence-corrected chi connectivity index (χ2v) is 7.04. The quantitative estimate of drug-likeness (QED) is 0.492. The van der Waals surface area contributed by atoms with Crippen LogP contribution in [-0.4, -0.2) is 53.9 Å². The third-order valence-corrected chi connectivity index (χ3v) is 4.96. The molecular weight excluding hydrogens is 376 g/mol. The van der Waals surface area contributed by atoms with Gasteiger partial charge < -0.3 is 25.7 Å². The SMILES string of the molecule is COC(=O)[C@H](Cc1c[nH]c2ccccc12)NC(=O)CC[C@@H]1NC(=O)[C@H](C)NC1=O. The number of para-hydroxylation sites is 1. The number of hydrogen-bond donors (Lipinski definition) is 4. The molecule has 4 N–H and O–H groups in total. The number of carbonyl (C=O) groups is 4. The van der Waals surface area contributed by atoms with Gasteiger partial charge in [-0.3, -0.25) is 14.4 Å². The predicted molar refractivity (Wildman–Crippen MR) is 105 cm³/mol. The summed E-state index contributed by atoms with van der Waals surface area (Å²) >= 11 is 0. The van der Waals surface area contributed by atoms with E-state index in [2.05, 4.69) is 20.9 Å². The van der Waals surface area contributed by atoms with E-state index in [1.54, 1.807) is 13.1 Å². The fourth-order valence-electron chi connectivity index (χ4n) is 3.34. The van der Waals surface area contributed by atoms with Gasteiger partial charge in [0.15, 0.2) is 0 Å². The molecule has 9 nitrogen and oxygen atoms in total. The summed E-state index contributed by atoms with van der Waals surface area (Å²) in [6.07, 6.45) is 2.18. The summed E-state index contributed by atoms with van der Waals surface area (Å²) in [7, 11) is 1.26. The Morgan fingerprint density at radius 1 is 1.17 bits per heavy atom. The molecule has 1 saturated heterocycles. The second kappa shape index (κ2) is 8.76. The van der Waals surface area contributed by atoms with E-state index in [0.717, 1.165) is 16.5 Å². The number of ether oxygens (including phenoxy) is 1. The van der Waals surface area contributed by atoms with Crippen LogP contribution in [-0.2, 0) is 30.3 Å². The van der Waals surface area contributed by atoms with Crippen LogP contribution in [0.4, 0.5) is 0 Å². The van der Waals surface area contributed by atoms with E-state index in [1.165, 1.54) is 7.11 Å². The lowest BCUT2D eigenvalue weighted by molar-refractivity contribution is -0.145. The molecule has 0 saturated carbocycles. The number of carbonyl (C=O) groups excluding carboxylic acids is 4. The topological polar surface area (TPSA) is 129 Å². The van der Waals surface area contributed by atoms with E-state index in [9.17, 15) is 19.2 Å². The highest BCUT2D eigenvalue weighted by Crippen LogP contribution is 2.19. The van der Waals surface area contributed by atoms with Crippen molar-refractivity contribution in [1.82, 2.24) is 20.9 Å². The Bertz CT molecular complexity index is 938. The molecule has 0 aliphatic carbocycles. The molecular formula is C20H24N4O5. The molecule has 0 radical (unpaired) electrons.